The van der Waals surface area contributed by atoms with E-state index in [1.54, 1.807) is 19.1 Å². The number of nitrogens with zero attached hydrogens (tertiary/aromatic N) is 2. The fraction of sp³-hybridized carbons (Fsp3) is 0.222. The average Bonchev–Trinajstić information content (AvgIpc) is 2.20. The normalized spacial score (nSPS) is 11.5. The number of nitro benzene ring substituents is 1. The summed E-state index contributed by atoms with van der Waals surface area (Å²) in [7, 11) is 0. The number of rotatable bonds is 3. The minimum atomic E-state index is -0.453. The summed E-state index contributed by atoms with van der Waals surface area (Å²) in [4.78, 5) is 14.2. The van der Waals surface area contributed by atoms with Crippen molar-refractivity contribution in [2.24, 2.45) is 10.7 Å². The first kappa shape index (κ1) is 11.5. The Kier molecular flexibility index (Phi) is 3.62. The van der Waals surface area contributed by atoms with Gasteiger partial charge < -0.3 is 5.73 Å². The highest BCUT2D eigenvalue weighted by atomic mass is 35.5. The maximum atomic E-state index is 10.6. The summed E-state index contributed by atoms with van der Waals surface area (Å²) in [6.07, 6.45) is 0. The molecule has 0 heterocycles. The standard InChI is InChI=1S/C9H10ClN3O2/c1-6-7(12-9(11)5-10)3-2-4-8(6)13(14)15/h2-4H,5H2,1H3,(H2,11,12). The van der Waals surface area contributed by atoms with Crippen LogP contribution in [-0.2, 0) is 0 Å². The maximum absolute atomic E-state index is 10.6. The summed E-state index contributed by atoms with van der Waals surface area (Å²) in [6, 6.07) is 4.64. The lowest BCUT2D eigenvalue weighted by Gasteiger charge is -2.01. The molecule has 5 nitrogen and oxygen atoms in total. The molecule has 0 spiro atoms. The van der Waals surface area contributed by atoms with Gasteiger partial charge >= 0.3 is 0 Å². The molecule has 15 heavy (non-hydrogen) atoms. The molecule has 0 aliphatic rings. The summed E-state index contributed by atoms with van der Waals surface area (Å²) in [5.41, 5.74) is 6.43. The number of alkyl halides is 1. The van der Waals surface area contributed by atoms with Gasteiger partial charge in [0.1, 0.15) is 5.84 Å². The lowest BCUT2D eigenvalue weighted by atomic mass is 10.1. The van der Waals surface area contributed by atoms with E-state index in [2.05, 4.69) is 4.99 Å². The molecule has 0 amide bonds. The van der Waals surface area contributed by atoms with Gasteiger partial charge in [-0.1, -0.05) is 6.07 Å². The second-order valence-corrected chi connectivity index (χ2v) is 3.18. The Morgan fingerprint density at radius 3 is 2.87 bits per heavy atom. The summed E-state index contributed by atoms with van der Waals surface area (Å²) in [5.74, 6) is 0.336. The van der Waals surface area contributed by atoms with Crippen LogP contribution in [0.4, 0.5) is 11.4 Å². The Balaban J connectivity index is 3.21. The zero-order valence-corrected chi connectivity index (χ0v) is 8.86. The van der Waals surface area contributed by atoms with E-state index in [-0.39, 0.29) is 17.4 Å². The van der Waals surface area contributed by atoms with Gasteiger partial charge in [-0.05, 0) is 13.0 Å². The number of hydrogen-bond donors (Lipinski definition) is 1. The van der Waals surface area contributed by atoms with Gasteiger partial charge in [0.2, 0.25) is 0 Å². The van der Waals surface area contributed by atoms with Crippen LogP contribution in [0.25, 0.3) is 0 Å². The number of nitrogens with two attached hydrogens (primary N) is 1. The average molecular weight is 228 g/mol. The third kappa shape index (κ3) is 2.66. The van der Waals surface area contributed by atoms with Gasteiger partial charge in [-0.15, -0.1) is 11.6 Å². The first-order valence-corrected chi connectivity index (χ1v) is 4.72. The lowest BCUT2D eigenvalue weighted by molar-refractivity contribution is -0.385. The number of halogens is 1. The van der Waals surface area contributed by atoms with Gasteiger partial charge in [0.05, 0.1) is 22.1 Å². The summed E-state index contributed by atoms with van der Waals surface area (Å²) < 4.78 is 0. The van der Waals surface area contributed by atoms with Crippen molar-refractivity contribution < 1.29 is 4.92 Å². The highest BCUT2D eigenvalue weighted by Crippen LogP contribution is 2.27. The second kappa shape index (κ2) is 4.75. The van der Waals surface area contributed by atoms with Gasteiger partial charge in [0, 0.05) is 6.07 Å². The zero-order chi connectivity index (χ0) is 11.4. The van der Waals surface area contributed by atoms with Gasteiger partial charge in [0.25, 0.3) is 5.69 Å². The number of aliphatic imine (C=N–C) groups is 1. The minimum absolute atomic E-state index is 0.0265. The molecule has 0 radical (unpaired) electrons. The molecule has 0 aliphatic carbocycles. The Morgan fingerprint density at radius 2 is 2.33 bits per heavy atom. The van der Waals surface area contributed by atoms with Crippen LogP contribution in [-0.4, -0.2) is 16.6 Å². The van der Waals surface area contributed by atoms with E-state index in [4.69, 9.17) is 17.3 Å². The van der Waals surface area contributed by atoms with Crippen molar-refractivity contribution in [1.82, 2.24) is 0 Å². The Hall–Kier alpha value is -1.62. The van der Waals surface area contributed by atoms with Gasteiger partial charge in [0.15, 0.2) is 0 Å². The highest BCUT2D eigenvalue weighted by molar-refractivity contribution is 6.28. The second-order valence-electron chi connectivity index (χ2n) is 2.92. The quantitative estimate of drug-likeness (QED) is 0.282. The molecule has 1 aromatic carbocycles. The number of amidine groups is 1. The third-order valence-electron chi connectivity index (χ3n) is 1.87. The first-order valence-electron chi connectivity index (χ1n) is 4.19. The van der Waals surface area contributed by atoms with E-state index in [0.717, 1.165) is 0 Å². The predicted octanol–water partition coefficient (Wildman–Crippen LogP) is 2.13. The van der Waals surface area contributed by atoms with Crippen LogP contribution in [0.5, 0.6) is 0 Å². The van der Waals surface area contributed by atoms with Gasteiger partial charge in [-0.25, -0.2) is 4.99 Å². The molecule has 6 heteroatoms. The van der Waals surface area contributed by atoms with E-state index < -0.39 is 4.92 Å². The molecule has 2 N–H and O–H groups in total. The first-order chi connectivity index (χ1) is 7.06. The van der Waals surface area contributed by atoms with Crippen LogP contribution in [0.15, 0.2) is 23.2 Å². The van der Waals surface area contributed by atoms with Crippen molar-refractivity contribution in [3.8, 4) is 0 Å². The smallest absolute Gasteiger partial charge is 0.274 e. The third-order valence-corrected chi connectivity index (χ3v) is 2.15. The molecule has 0 atom stereocenters. The Bertz CT molecular complexity index is 418. The fourth-order valence-corrected chi connectivity index (χ4v) is 1.17. The van der Waals surface area contributed by atoms with Crippen LogP contribution in [0.2, 0.25) is 0 Å². The maximum Gasteiger partial charge on any atom is 0.274 e. The van der Waals surface area contributed by atoms with E-state index in [1.165, 1.54) is 6.07 Å². The molecule has 0 aliphatic heterocycles. The fourth-order valence-electron chi connectivity index (χ4n) is 1.12. The summed E-state index contributed by atoms with van der Waals surface area (Å²) >= 11 is 5.47. The van der Waals surface area contributed by atoms with E-state index in [1.807, 2.05) is 0 Å². The van der Waals surface area contributed by atoms with Gasteiger partial charge in [-0.3, -0.25) is 10.1 Å². The molecule has 80 valence electrons. The van der Waals surface area contributed by atoms with Crippen LogP contribution >= 0.6 is 11.6 Å². The van der Waals surface area contributed by atoms with E-state index >= 15 is 0 Å². The highest BCUT2D eigenvalue weighted by Gasteiger charge is 2.12. The van der Waals surface area contributed by atoms with Crippen LogP contribution in [0.1, 0.15) is 5.56 Å². The predicted molar refractivity (Wildman–Crippen MR) is 59.8 cm³/mol. The van der Waals surface area contributed by atoms with E-state index in [0.29, 0.717) is 11.3 Å². The molecule has 0 fully saturated rings. The molecule has 0 unspecified atom stereocenters. The SMILES string of the molecule is Cc1c(N=C(N)CCl)cccc1[N+](=O)[O-]. The van der Waals surface area contributed by atoms with Crippen LogP contribution in [0.3, 0.4) is 0 Å². The van der Waals surface area contributed by atoms with Crippen molar-refractivity contribution in [2.45, 2.75) is 6.92 Å². The van der Waals surface area contributed by atoms with Crippen LogP contribution < -0.4 is 5.73 Å². The molecule has 1 aromatic rings. The number of nitro groups is 1. The molecule has 1 rings (SSSR count). The lowest BCUT2D eigenvalue weighted by Crippen LogP contribution is -2.12. The molecule has 0 aromatic heterocycles. The molecular formula is C9H10ClN3O2. The molecule has 0 bridgehead atoms. The van der Waals surface area contributed by atoms with Crippen molar-refractivity contribution in [3.05, 3.63) is 33.9 Å². The monoisotopic (exact) mass is 227 g/mol. The molecule has 0 saturated carbocycles. The topological polar surface area (TPSA) is 81.5 Å². The van der Waals surface area contributed by atoms with Crippen molar-refractivity contribution in [2.75, 3.05) is 5.88 Å². The number of hydrogen-bond acceptors (Lipinski definition) is 3. The van der Waals surface area contributed by atoms with Crippen molar-refractivity contribution in [3.63, 3.8) is 0 Å². The van der Waals surface area contributed by atoms with Gasteiger partial charge in [-0.2, -0.15) is 0 Å². The minimum Gasteiger partial charge on any atom is -0.386 e. The van der Waals surface area contributed by atoms with Crippen molar-refractivity contribution in [1.29, 1.82) is 0 Å². The van der Waals surface area contributed by atoms with Crippen molar-refractivity contribution >= 4 is 28.8 Å². The van der Waals surface area contributed by atoms with Crippen LogP contribution in [0, 0.1) is 17.0 Å². The number of benzene rings is 1. The summed E-state index contributed by atoms with van der Waals surface area (Å²) in [6.45, 7) is 1.62. The largest absolute Gasteiger partial charge is 0.386 e. The Morgan fingerprint density at radius 1 is 1.67 bits per heavy atom. The molecule has 0 saturated heterocycles. The van der Waals surface area contributed by atoms with E-state index in [9.17, 15) is 10.1 Å². The molecular weight excluding hydrogens is 218 g/mol. The zero-order valence-electron chi connectivity index (χ0n) is 8.11. The summed E-state index contributed by atoms with van der Waals surface area (Å²) in [5, 5.41) is 10.6. The Labute approximate surface area is 91.7 Å².